The van der Waals surface area contributed by atoms with Crippen molar-refractivity contribution in [1.82, 2.24) is 10.3 Å². The van der Waals surface area contributed by atoms with Crippen LogP contribution in [0.5, 0.6) is 0 Å². The molecule has 0 saturated heterocycles. The van der Waals surface area contributed by atoms with Crippen molar-refractivity contribution in [2.75, 3.05) is 11.4 Å². The van der Waals surface area contributed by atoms with Gasteiger partial charge in [-0.3, -0.25) is 19.5 Å². The number of hydrogen-bond acceptors (Lipinski definition) is 4. The molecule has 0 saturated carbocycles. The lowest BCUT2D eigenvalue weighted by atomic mass is 10.2. The fourth-order valence-electron chi connectivity index (χ4n) is 3.07. The Balaban J connectivity index is 1.56. The number of nitrogens with one attached hydrogen (secondary N) is 1. The molecule has 0 aliphatic carbocycles. The fourth-order valence-corrected chi connectivity index (χ4v) is 4.33. The van der Waals surface area contributed by atoms with Gasteiger partial charge in [0.2, 0.25) is 5.91 Å². The van der Waals surface area contributed by atoms with Crippen LogP contribution in [-0.4, -0.2) is 23.3 Å². The summed E-state index contributed by atoms with van der Waals surface area (Å²) in [4.78, 5) is 32.8. The first-order valence-electron chi connectivity index (χ1n) is 9.32. The van der Waals surface area contributed by atoms with Gasteiger partial charge in [0.05, 0.1) is 10.6 Å². The first-order chi connectivity index (χ1) is 14.6. The lowest BCUT2D eigenvalue weighted by Crippen LogP contribution is -2.42. The second-order valence-corrected chi connectivity index (χ2v) is 8.18. The highest BCUT2D eigenvalue weighted by atomic mass is 35.5. The first kappa shape index (κ1) is 20.2. The van der Waals surface area contributed by atoms with Crippen molar-refractivity contribution < 1.29 is 9.59 Å². The molecule has 1 N–H and O–H groups in total. The molecule has 2 heterocycles. The maximum Gasteiger partial charge on any atom is 0.265 e. The lowest BCUT2D eigenvalue weighted by molar-refractivity contribution is -0.122. The number of aromatic nitrogens is 1. The minimum atomic E-state index is -0.240. The zero-order valence-electron chi connectivity index (χ0n) is 15.9. The number of anilines is 1. The summed E-state index contributed by atoms with van der Waals surface area (Å²) in [6.07, 6.45) is 5.18. The Bertz CT molecular complexity index is 1120. The summed E-state index contributed by atoms with van der Waals surface area (Å²) >= 11 is 7.47. The van der Waals surface area contributed by atoms with E-state index in [4.69, 9.17) is 11.6 Å². The van der Waals surface area contributed by atoms with E-state index in [-0.39, 0.29) is 18.4 Å². The van der Waals surface area contributed by atoms with Crippen molar-refractivity contribution >= 4 is 46.9 Å². The zero-order chi connectivity index (χ0) is 20.9. The van der Waals surface area contributed by atoms with E-state index in [9.17, 15) is 9.59 Å². The van der Waals surface area contributed by atoms with E-state index in [0.29, 0.717) is 16.5 Å². The number of halogens is 1. The Kier molecular flexibility index (Phi) is 6.16. The van der Waals surface area contributed by atoms with E-state index >= 15 is 0 Å². The summed E-state index contributed by atoms with van der Waals surface area (Å²) in [5.41, 5.74) is 2.46. The van der Waals surface area contributed by atoms with Crippen LogP contribution in [0.2, 0.25) is 5.02 Å². The van der Waals surface area contributed by atoms with Gasteiger partial charge in [-0.1, -0.05) is 53.7 Å². The van der Waals surface area contributed by atoms with Crippen molar-refractivity contribution in [2.24, 2.45) is 0 Å². The first-order valence-corrected chi connectivity index (χ1v) is 10.5. The molecule has 1 aliphatic heterocycles. The topological polar surface area (TPSA) is 62.3 Å². The van der Waals surface area contributed by atoms with Gasteiger partial charge in [-0.2, -0.15) is 0 Å². The number of thioether (sulfide) groups is 1. The standard InChI is InChI=1S/C23H18ClN3O2S/c24-18-7-3-5-16(11-18)12-21-23(29)27(19-8-1-2-9-20(19)30-21)15-22(28)26-14-17-6-4-10-25-13-17/h1-13H,14-15H2,(H,26,28)/b21-12+. The Morgan fingerprint density at radius 2 is 2.00 bits per heavy atom. The average Bonchev–Trinajstić information content (AvgIpc) is 2.76. The number of benzene rings is 2. The molecule has 1 aliphatic rings. The van der Waals surface area contributed by atoms with Crippen LogP contribution >= 0.6 is 23.4 Å². The molecule has 1 aromatic heterocycles. The van der Waals surface area contributed by atoms with Crippen LogP contribution < -0.4 is 10.2 Å². The minimum absolute atomic E-state index is 0.0659. The highest BCUT2D eigenvalue weighted by molar-refractivity contribution is 8.04. The fraction of sp³-hybridized carbons (Fsp3) is 0.0870. The number of amides is 2. The van der Waals surface area contributed by atoms with Crippen LogP contribution in [-0.2, 0) is 16.1 Å². The van der Waals surface area contributed by atoms with Gasteiger partial charge in [0.15, 0.2) is 0 Å². The molecular weight excluding hydrogens is 418 g/mol. The Labute approximate surface area is 183 Å². The Morgan fingerprint density at radius 3 is 2.80 bits per heavy atom. The second kappa shape index (κ2) is 9.15. The molecule has 0 spiro atoms. The predicted molar refractivity (Wildman–Crippen MR) is 120 cm³/mol. The molecule has 0 unspecified atom stereocenters. The number of rotatable bonds is 5. The van der Waals surface area contributed by atoms with Crippen LogP contribution in [0.4, 0.5) is 5.69 Å². The quantitative estimate of drug-likeness (QED) is 0.598. The Hall–Kier alpha value is -3.09. The predicted octanol–water partition coefficient (Wildman–Crippen LogP) is 4.53. The van der Waals surface area contributed by atoms with Crippen molar-refractivity contribution in [3.63, 3.8) is 0 Å². The van der Waals surface area contributed by atoms with Gasteiger partial charge in [0.25, 0.3) is 5.91 Å². The molecule has 5 nitrogen and oxygen atoms in total. The monoisotopic (exact) mass is 435 g/mol. The van der Waals surface area contributed by atoms with Gasteiger partial charge >= 0.3 is 0 Å². The lowest BCUT2D eigenvalue weighted by Gasteiger charge is -2.29. The zero-order valence-corrected chi connectivity index (χ0v) is 17.5. The number of hydrogen-bond donors (Lipinski definition) is 1. The third-order valence-electron chi connectivity index (χ3n) is 4.49. The summed E-state index contributed by atoms with van der Waals surface area (Å²) in [6.45, 7) is 0.292. The molecule has 0 radical (unpaired) electrons. The molecule has 3 aromatic rings. The molecule has 150 valence electrons. The van der Waals surface area contributed by atoms with E-state index < -0.39 is 0 Å². The largest absolute Gasteiger partial charge is 0.350 e. The van der Waals surface area contributed by atoms with Crippen molar-refractivity contribution in [3.05, 3.63) is 94.1 Å². The number of carbonyl (C=O) groups is 2. The molecule has 7 heteroatoms. The van der Waals surface area contributed by atoms with Gasteiger partial charge < -0.3 is 5.32 Å². The van der Waals surface area contributed by atoms with E-state index in [1.807, 2.05) is 48.5 Å². The number of nitrogens with zero attached hydrogens (tertiary/aromatic N) is 2. The van der Waals surface area contributed by atoms with Crippen LogP contribution in [0.15, 0.2) is 82.9 Å². The number of fused-ring (bicyclic) bond motifs is 1. The SMILES string of the molecule is O=C(CN1C(=O)/C(=C\c2cccc(Cl)c2)Sc2ccccc21)NCc1cccnc1. The number of pyridine rings is 1. The van der Waals surface area contributed by atoms with Gasteiger partial charge in [-0.15, -0.1) is 0 Å². The maximum atomic E-state index is 13.2. The van der Waals surface area contributed by atoms with E-state index in [1.165, 1.54) is 16.7 Å². The average molecular weight is 436 g/mol. The molecule has 4 rings (SSSR count). The van der Waals surface area contributed by atoms with Gasteiger partial charge in [-0.25, -0.2) is 0 Å². The number of para-hydroxylation sites is 1. The van der Waals surface area contributed by atoms with E-state index in [2.05, 4.69) is 10.3 Å². The van der Waals surface area contributed by atoms with Crippen molar-refractivity contribution in [2.45, 2.75) is 11.4 Å². The summed E-state index contributed by atoms with van der Waals surface area (Å²) < 4.78 is 0. The molecule has 2 amide bonds. The van der Waals surface area contributed by atoms with Crippen LogP contribution in [0.25, 0.3) is 6.08 Å². The summed E-state index contributed by atoms with van der Waals surface area (Å²) in [5, 5.41) is 3.45. The highest BCUT2D eigenvalue weighted by Gasteiger charge is 2.30. The van der Waals surface area contributed by atoms with Crippen LogP contribution in [0, 0.1) is 0 Å². The molecule has 0 bridgehead atoms. The molecule has 2 aromatic carbocycles. The maximum absolute atomic E-state index is 13.2. The molecule has 0 fully saturated rings. The highest BCUT2D eigenvalue weighted by Crippen LogP contribution is 2.41. The molecule has 0 atom stereocenters. The van der Waals surface area contributed by atoms with E-state index in [0.717, 1.165) is 21.7 Å². The molecule has 30 heavy (non-hydrogen) atoms. The Morgan fingerprint density at radius 1 is 1.13 bits per heavy atom. The minimum Gasteiger partial charge on any atom is -0.350 e. The van der Waals surface area contributed by atoms with Crippen LogP contribution in [0.3, 0.4) is 0 Å². The smallest absolute Gasteiger partial charge is 0.265 e. The van der Waals surface area contributed by atoms with Crippen molar-refractivity contribution in [3.8, 4) is 0 Å². The van der Waals surface area contributed by atoms with E-state index in [1.54, 1.807) is 30.6 Å². The summed E-state index contributed by atoms with van der Waals surface area (Å²) in [7, 11) is 0. The van der Waals surface area contributed by atoms with Gasteiger partial charge in [0, 0.05) is 28.9 Å². The third-order valence-corrected chi connectivity index (χ3v) is 5.81. The van der Waals surface area contributed by atoms with Crippen molar-refractivity contribution in [1.29, 1.82) is 0 Å². The summed E-state index contributed by atoms with van der Waals surface area (Å²) in [5.74, 6) is -0.453. The third kappa shape index (κ3) is 4.72. The summed E-state index contributed by atoms with van der Waals surface area (Å²) in [6, 6.07) is 18.6. The second-order valence-electron chi connectivity index (χ2n) is 6.66. The van der Waals surface area contributed by atoms with Gasteiger partial charge in [-0.05, 0) is 47.5 Å². The number of carbonyl (C=O) groups excluding carboxylic acids is 2. The van der Waals surface area contributed by atoms with Crippen LogP contribution in [0.1, 0.15) is 11.1 Å². The van der Waals surface area contributed by atoms with Gasteiger partial charge in [0.1, 0.15) is 6.54 Å². The molecular formula is C23H18ClN3O2S. The normalized spacial score (nSPS) is 14.5.